The zero-order valence-electron chi connectivity index (χ0n) is 22.0. The average Bonchev–Trinajstić information content (AvgIpc) is 3.33. The maximum absolute atomic E-state index is 13.7. The maximum Gasteiger partial charge on any atom is 0.254 e. The molecule has 0 spiro atoms. The fraction of sp³-hybridized carbons (Fsp3) is 0.290. The Bertz CT molecular complexity index is 1360. The first-order valence-electron chi connectivity index (χ1n) is 12.7. The zero-order valence-corrected chi connectivity index (χ0v) is 22.0. The van der Waals surface area contributed by atoms with Crippen molar-refractivity contribution in [3.63, 3.8) is 0 Å². The van der Waals surface area contributed by atoms with E-state index in [0.717, 1.165) is 11.1 Å². The van der Waals surface area contributed by atoms with Crippen LogP contribution in [0, 0.1) is 6.92 Å². The molecule has 1 N–H and O–H groups in total. The summed E-state index contributed by atoms with van der Waals surface area (Å²) in [7, 11) is 1.57. The Morgan fingerprint density at radius 1 is 0.973 bits per heavy atom. The quantitative estimate of drug-likeness (QED) is 0.310. The van der Waals surface area contributed by atoms with Gasteiger partial charge in [-0.1, -0.05) is 54.1 Å². The van der Waals surface area contributed by atoms with Crippen molar-refractivity contribution < 1.29 is 14.3 Å². The van der Waals surface area contributed by atoms with Crippen LogP contribution in [-0.4, -0.2) is 52.8 Å². The third-order valence-electron chi connectivity index (χ3n) is 6.68. The molecule has 4 rings (SSSR count). The van der Waals surface area contributed by atoms with Gasteiger partial charge in [-0.15, -0.1) is 0 Å². The Morgan fingerprint density at radius 3 is 2.46 bits per heavy atom. The molecule has 1 heterocycles. The summed E-state index contributed by atoms with van der Waals surface area (Å²) >= 11 is 0. The summed E-state index contributed by atoms with van der Waals surface area (Å²) in [6, 6.07) is 23.3. The Morgan fingerprint density at radius 2 is 1.73 bits per heavy atom. The minimum Gasteiger partial charge on any atom is -0.497 e. The second-order valence-electron chi connectivity index (χ2n) is 9.67. The molecule has 0 radical (unpaired) electrons. The van der Waals surface area contributed by atoms with Crippen molar-refractivity contribution in [1.82, 2.24) is 14.8 Å². The van der Waals surface area contributed by atoms with E-state index in [1.54, 1.807) is 36.3 Å². The third-order valence-corrected chi connectivity index (χ3v) is 6.68. The summed E-state index contributed by atoms with van der Waals surface area (Å²) < 4.78 is 5.29. The van der Waals surface area contributed by atoms with Gasteiger partial charge in [0.2, 0.25) is 5.91 Å². The second kappa shape index (κ2) is 11.8. The highest BCUT2D eigenvalue weighted by Gasteiger charge is 2.25. The molecule has 6 heteroatoms. The Balaban J connectivity index is 1.55. The summed E-state index contributed by atoms with van der Waals surface area (Å²) in [5, 5.41) is 1.17. The number of aromatic amines is 1. The van der Waals surface area contributed by atoms with Gasteiger partial charge in [0.05, 0.1) is 7.11 Å². The number of benzene rings is 3. The molecule has 4 aromatic rings. The number of rotatable bonds is 10. The highest BCUT2D eigenvalue weighted by atomic mass is 16.5. The number of aromatic nitrogens is 1. The molecule has 0 fully saturated rings. The van der Waals surface area contributed by atoms with Crippen molar-refractivity contribution in [2.24, 2.45) is 0 Å². The molecule has 0 bridgehead atoms. The highest BCUT2D eigenvalue weighted by molar-refractivity contribution is 5.97. The number of ether oxygens (including phenoxy) is 1. The molecule has 0 unspecified atom stereocenters. The molecule has 2 amide bonds. The minimum atomic E-state index is -0.186. The van der Waals surface area contributed by atoms with Gasteiger partial charge >= 0.3 is 0 Å². The first-order valence-corrected chi connectivity index (χ1v) is 12.7. The lowest BCUT2D eigenvalue weighted by Crippen LogP contribution is -2.46. The van der Waals surface area contributed by atoms with Crippen LogP contribution in [0.5, 0.6) is 5.75 Å². The first kappa shape index (κ1) is 26.0. The van der Waals surface area contributed by atoms with Gasteiger partial charge in [-0.3, -0.25) is 9.59 Å². The van der Waals surface area contributed by atoms with Crippen LogP contribution < -0.4 is 4.74 Å². The first-order chi connectivity index (χ1) is 17.9. The summed E-state index contributed by atoms with van der Waals surface area (Å²) in [6.45, 7) is 6.96. The van der Waals surface area contributed by atoms with Gasteiger partial charge in [0.15, 0.2) is 0 Å². The van der Waals surface area contributed by atoms with Crippen LogP contribution in [0.15, 0.2) is 79.0 Å². The van der Waals surface area contributed by atoms with E-state index >= 15 is 0 Å². The highest BCUT2D eigenvalue weighted by Crippen LogP contribution is 2.20. The Labute approximate surface area is 218 Å². The number of carbonyl (C=O) groups excluding carboxylic acids is 2. The summed E-state index contributed by atoms with van der Waals surface area (Å²) in [5.74, 6) is 0.347. The molecule has 0 saturated carbocycles. The van der Waals surface area contributed by atoms with Crippen LogP contribution in [-0.2, 0) is 17.8 Å². The van der Waals surface area contributed by atoms with Crippen molar-refractivity contribution >= 4 is 22.7 Å². The molecule has 0 aliphatic rings. The second-order valence-corrected chi connectivity index (χ2v) is 9.67. The SMILES string of the molecule is COc1cccc(C(=O)N(CC(=O)N(CCc2c[nH]c3ccccc23)Cc2ccc(C)cc2)C(C)C)c1. The largest absolute Gasteiger partial charge is 0.497 e. The summed E-state index contributed by atoms with van der Waals surface area (Å²) in [4.78, 5) is 33.9. The van der Waals surface area contributed by atoms with Gasteiger partial charge in [-0.25, -0.2) is 0 Å². The van der Waals surface area contributed by atoms with E-state index in [1.807, 2.05) is 37.1 Å². The molecule has 192 valence electrons. The molecule has 6 nitrogen and oxygen atoms in total. The lowest BCUT2D eigenvalue weighted by atomic mass is 10.1. The smallest absolute Gasteiger partial charge is 0.254 e. The number of H-pyrrole nitrogens is 1. The number of amides is 2. The van der Waals surface area contributed by atoms with E-state index in [-0.39, 0.29) is 24.4 Å². The Kier molecular flexibility index (Phi) is 8.29. The fourth-order valence-corrected chi connectivity index (χ4v) is 4.46. The Hall–Kier alpha value is -4.06. The lowest BCUT2D eigenvalue weighted by Gasteiger charge is -2.30. The zero-order chi connectivity index (χ0) is 26.4. The van der Waals surface area contributed by atoms with E-state index < -0.39 is 0 Å². The van der Waals surface area contributed by atoms with Crippen molar-refractivity contribution in [3.05, 3.63) is 101 Å². The summed E-state index contributed by atoms with van der Waals surface area (Å²) in [5.41, 5.74) is 5.00. The van der Waals surface area contributed by atoms with Crippen LogP contribution in [0.25, 0.3) is 10.9 Å². The minimum absolute atomic E-state index is 0.00740. The van der Waals surface area contributed by atoms with Crippen molar-refractivity contribution in [3.8, 4) is 5.75 Å². The van der Waals surface area contributed by atoms with Crippen LogP contribution in [0.3, 0.4) is 0 Å². The lowest BCUT2D eigenvalue weighted by molar-refractivity contribution is -0.132. The van der Waals surface area contributed by atoms with Gasteiger partial charge < -0.3 is 19.5 Å². The van der Waals surface area contributed by atoms with E-state index in [4.69, 9.17) is 4.74 Å². The van der Waals surface area contributed by atoms with Crippen LogP contribution in [0.2, 0.25) is 0 Å². The molecule has 0 saturated heterocycles. The number of fused-ring (bicyclic) bond motifs is 1. The van der Waals surface area contributed by atoms with E-state index in [2.05, 4.69) is 48.3 Å². The molecule has 3 aromatic carbocycles. The van der Waals surface area contributed by atoms with Gasteiger partial charge in [0.25, 0.3) is 5.91 Å². The van der Waals surface area contributed by atoms with Crippen molar-refractivity contribution in [2.75, 3.05) is 20.2 Å². The average molecular weight is 498 g/mol. The predicted octanol–water partition coefficient (Wildman–Crippen LogP) is 5.61. The van der Waals surface area contributed by atoms with Gasteiger partial charge in [-0.2, -0.15) is 0 Å². The third kappa shape index (κ3) is 6.39. The standard InChI is InChI=1S/C31H35N3O3/c1-22(2)34(31(36)25-8-7-9-27(18-25)37-4)21-30(35)33(20-24-14-12-23(3)13-15-24)17-16-26-19-32-29-11-6-5-10-28(26)29/h5-15,18-19,22,32H,16-17,20-21H2,1-4H3. The topological polar surface area (TPSA) is 65.6 Å². The number of nitrogens with one attached hydrogen (secondary N) is 1. The molecular weight excluding hydrogens is 462 g/mol. The number of para-hydroxylation sites is 1. The number of nitrogens with zero attached hydrogens (tertiary/aromatic N) is 2. The van der Waals surface area contributed by atoms with Crippen LogP contribution in [0.4, 0.5) is 0 Å². The molecule has 37 heavy (non-hydrogen) atoms. The van der Waals surface area contributed by atoms with Gasteiger partial charge in [0, 0.05) is 41.8 Å². The number of hydrogen-bond donors (Lipinski definition) is 1. The van der Waals surface area contributed by atoms with Crippen molar-refractivity contribution in [1.29, 1.82) is 0 Å². The maximum atomic E-state index is 13.7. The van der Waals surface area contributed by atoms with Crippen LogP contribution >= 0.6 is 0 Å². The normalized spacial score (nSPS) is 11.1. The van der Waals surface area contributed by atoms with Crippen molar-refractivity contribution in [2.45, 2.75) is 39.8 Å². The van der Waals surface area contributed by atoms with E-state index in [0.29, 0.717) is 30.8 Å². The molecule has 0 aliphatic heterocycles. The summed E-state index contributed by atoms with van der Waals surface area (Å²) in [6.07, 6.45) is 2.74. The monoisotopic (exact) mass is 497 g/mol. The number of carbonyl (C=O) groups is 2. The number of hydrogen-bond acceptors (Lipinski definition) is 3. The molecule has 1 aromatic heterocycles. The van der Waals surface area contributed by atoms with E-state index in [1.165, 1.54) is 16.5 Å². The molecular formula is C31H35N3O3. The number of aryl methyl sites for hydroxylation is 1. The van der Waals surface area contributed by atoms with Gasteiger partial charge in [-0.05, 0) is 62.6 Å². The fourth-order valence-electron chi connectivity index (χ4n) is 4.46. The number of methoxy groups -OCH3 is 1. The molecule has 0 atom stereocenters. The van der Waals surface area contributed by atoms with Gasteiger partial charge in [0.1, 0.15) is 12.3 Å². The molecule has 0 aliphatic carbocycles. The van der Waals surface area contributed by atoms with E-state index in [9.17, 15) is 9.59 Å². The van der Waals surface area contributed by atoms with Crippen LogP contribution in [0.1, 0.15) is 40.9 Å². The predicted molar refractivity (Wildman–Crippen MR) is 148 cm³/mol.